The van der Waals surface area contributed by atoms with E-state index in [1.807, 2.05) is 6.07 Å². The van der Waals surface area contributed by atoms with Crippen LogP contribution in [0.1, 0.15) is 29.7 Å². The van der Waals surface area contributed by atoms with Crippen LogP contribution in [0.15, 0.2) is 71.7 Å². The van der Waals surface area contributed by atoms with Crippen molar-refractivity contribution >= 4 is 40.9 Å². The molecular formula is C30H25N5O7. The quantitative estimate of drug-likeness (QED) is 0.348. The van der Waals surface area contributed by atoms with Crippen molar-refractivity contribution in [1.82, 2.24) is 5.32 Å². The lowest BCUT2D eigenvalue weighted by atomic mass is 9.87. The summed E-state index contributed by atoms with van der Waals surface area (Å²) in [6, 6.07) is 18.7. The van der Waals surface area contributed by atoms with Gasteiger partial charge in [-0.2, -0.15) is 10.3 Å². The molecule has 42 heavy (non-hydrogen) atoms. The average Bonchev–Trinajstić information content (AvgIpc) is 2.98. The average molecular weight is 568 g/mol. The number of aliphatic imine (C=N–C) groups is 1. The van der Waals surface area contributed by atoms with Crippen LogP contribution in [0.3, 0.4) is 0 Å². The van der Waals surface area contributed by atoms with Gasteiger partial charge < -0.3 is 30.2 Å². The minimum Gasteiger partial charge on any atom is -0.488 e. The van der Waals surface area contributed by atoms with Crippen LogP contribution >= 0.6 is 0 Å². The predicted octanol–water partition coefficient (Wildman–Crippen LogP) is 3.49. The predicted molar refractivity (Wildman–Crippen MR) is 150 cm³/mol. The number of hydrogen-bond acceptors (Lipinski definition) is 8. The fourth-order valence-corrected chi connectivity index (χ4v) is 4.60. The lowest BCUT2D eigenvalue weighted by Crippen LogP contribution is -2.47. The first kappa shape index (κ1) is 27.9. The zero-order valence-electron chi connectivity index (χ0n) is 22.4. The molecule has 0 spiro atoms. The van der Waals surface area contributed by atoms with Crippen molar-refractivity contribution < 1.29 is 33.4 Å². The van der Waals surface area contributed by atoms with E-state index in [4.69, 9.17) is 14.2 Å². The van der Waals surface area contributed by atoms with Gasteiger partial charge in [-0.3, -0.25) is 14.4 Å². The highest BCUT2D eigenvalue weighted by atomic mass is 16.5. The summed E-state index contributed by atoms with van der Waals surface area (Å²) in [4.78, 5) is 53.8. The standard InChI is InChI=1S/C30H25N5O7/c1-17(36)32-21-6-3-7-22(12-21)40-15-24-27(29(38)42-14-19-5-2-4-18(10-19)13-31)28(35-30(39)34-24)20-8-9-25-23(11-20)33-26(37)16-41-25/h2-12,27-28H,14-16H2,1H3,(H,32,36)(H,33,37)(H,35,39). The van der Waals surface area contributed by atoms with Gasteiger partial charge in [0.05, 0.1) is 29.1 Å². The maximum atomic E-state index is 13.6. The molecule has 2 unspecified atom stereocenters. The molecule has 2 atom stereocenters. The first-order valence-electron chi connectivity index (χ1n) is 12.9. The second-order valence-corrected chi connectivity index (χ2v) is 9.52. The van der Waals surface area contributed by atoms with E-state index in [9.17, 15) is 24.4 Å². The third-order valence-electron chi connectivity index (χ3n) is 6.44. The van der Waals surface area contributed by atoms with Gasteiger partial charge in [0.25, 0.3) is 5.91 Å². The monoisotopic (exact) mass is 567 g/mol. The maximum Gasteiger partial charge on any atom is 0.341 e. The molecule has 0 bridgehead atoms. The molecule has 3 aromatic rings. The fraction of sp³-hybridized carbons (Fsp3) is 0.200. The van der Waals surface area contributed by atoms with E-state index in [1.54, 1.807) is 66.7 Å². The summed E-state index contributed by atoms with van der Waals surface area (Å²) >= 11 is 0. The summed E-state index contributed by atoms with van der Waals surface area (Å²) in [6.07, 6.45) is 0. The summed E-state index contributed by atoms with van der Waals surface area (Å²) < 4.78 is 17.0. The first-order chi connectivity index (χ1) is 20.3. The van der Waals surface area contributed by atoms with Crippen LogP contribution in [-0.2, 0) is 25.7 Å². The minimum absolute atomic E-state index is 0.113. The number of hydrogen-bond donors (Lipinski definition) is 3. The van der Waals surface area contributed by atoms with Crippen molar-refractivity contribution in [3.8, 4) is 17.6 Å². The van der Waals surface area contributed by atoms with Crippen LogP contribution in [0.5, 0.6) is 11.5 Å². The van der Waals surface area contributed by atoms with Crippen molar-refractivity contribution in [2.45, 2.75) is 19.6 Å². The van der Waals surface area contributed by atoms with E-state index in [1.165, 1.54) is 6.92 Å². The third-order valence-corrected chi connectivity index (χ3v) is 6.44. The van der Waals surface area contributed by atoms with Crippen LogP contribution in [0.4, 0.5) is 16.2 Å². The van der Waals surface area contributed by atoms with Gasteiger partial charge in [0.1, 0.15) is 30.6 Å². The molecule has 4 amide bonds. The van der Waals surface area contributed by atoms with Gasteiger partial charge in [-0.15, -0.1) is 0 Å². The number of urea groups is 1. The zero-order valence-corrected chi connectivity index (χ0v) is 22.4. The van der Waals surface area contributed by atoms with Gasteiger partial charge in [-0.25, -0.2) is 4.79 Å². The van der Waals surface area contributed by atoms with Crippen LogP contribution < -0.4 is 25.4 Å². The molecule has 0 saturated carbocycles. The fourth-order valence-electron chi connectivity index (χ4n) is 4.60. The van der Waals surface area contributed by atoms with E-state index in [-0.39, 0.29) is 37.3 Å². The Kier molecular flexibility index (Phi) is 8.10. The summed E-state index contributed by atoms with van der Waals surface area (Å²) in [5.41, 5.74) is 2.55. The Hall–Kier alpha value is -5.70. The van der Waals surface area contributed by atoms with Gasteiger partial charge >= 0.3 is 12.0 Å². The number of carbonyl (C=O) groups is 4. The molecule has 5 rings (SSSR count). The van der Waals surface area contributed by atoms with Crippen molar-refractivity contribution in [1.29, 1.82) is 5.26 Å². The third kappa shape index (κ3) is 6.53. The largest absolute Gasteiger partial charge is 0.488 e. The number of anilines is 2. The molecule has 12 heteroatoms. The molecule has 2 heterocycles. The summed E-state index contributed by atoms with van der Waals surface area (Å²) in [5.74, 6) is -1.54. The molecule has 3 aromatic carbocycles. The molecule has 0 saturated heterocycles. The first-order valence-corrected chi connectivity index (χ1v) is 12.9. The number of fused-ring (bicyclic) bond motifs is 1. The van der Waals surface area contributed by atoms with Crippen LogP contribution in [0, 0.1) is 17.2 Å². The summed E-state index contributed by atoms with van der Waals surface area (Å²) in [5, 5.41) is 17.3. The van der Waals surface area contributed by atoms with Crippen LogP contribution in [-0.4, -0.2) is 42.7 Å². The lowest BCUT2D eigenvalue weighted by Gasteiger charge is -2.31. The number of rotatable bonds is 8. The Labute approximate surface area is 240 Å². The SMILES string of the molecule is CC(=O)Nc1cccc(OCC2=NC(=O)NC(c3ccc4c(c3)NC(=O)CO4)C2C(=O)OCc2cccc(C#N)c2)c1. The minimum atomic E-state index is -1.10. The Balaban J connectivity index is 1.43. The van der Waals surface area contributed by atoms with Gasteiger partial charge in [-0.05, 0) is 47.5 Å². The van der Waals surface area contributed by atoms with Gasteiger partial charge in [0.15, 0.2) is 6.61 Å². The number of esters is 1. The van der Waals surface area contributed by atoms with Gasteiger partial charge in [0, 0.05) is 18.7 Å². The number of carbonyl (C=O) groups excluding carboxylic acids is 4. The number of benzene rings is 3. The van der Waals surface area contributed by atoms with Gasteiger partial charge in [0.2, 0.25) is 5.91 Å². The Morgan fingerprint density at radius 2 is 1.93 bits per heavy atom. The zero-order chi connectivity index (χ0) is 29.6. The highest BCUT2D eigenvalue weighted by molar-refractivity contribution is 6.10. The number of nitrogens with one attached hydrogen (secondary N) is 3. The maximum absolute atomic E-state index is 13.6. The highest BCUT2D eigenvalue weighted by Gasteiger charge is 2.40. The van der Waals surface area contributed by atoms with E-state index >= 15 is 0 Å². The molecule has 0 aromatic heterocycles. The second kappa shape index (κ2) is 12.2. The summed E-state index contributed by atoms with van der Waals surface area (Å²) in [7, 11) is 0. The Bertz CT molecular complexity index is 1640. The molecule has 3 N–H and O–H groups in total. The normalized spacial score (nSPS) is 17.3. The number of amides is 4. The van der Waals surface area contributed by atoms with Gasteiger partial charge in [-0.1, -0.05) is 24.3 Å². The number of ether oxygens (including phenoxy) is 3. The van der Waals surface area contributed by atoms with E-state index in [0.29, 0.717) is 39.6 Å². The Morgan fingerprint density at radius 1 is 1.10 bits per heavy atom. The van der Waals surface area contributed by atoms with Crippen molar-refractivity contribution in [2.24, 2.45) is 10.9 Å². The van der Waals surface area contributed by atoms with E-state index < -0.39 is 24.0 Å². The molecular weight excluding hydrogens is 542 g/mol. The molecule has 0 radical (unpaired) electrons. The van der Waals surface area contributed by atoms with Crippen molar-refractivity contribution in [3.63, 3.8) is 0 Å². The van der Waals surface area contributed by atoms with Crippen molar-refractivity contribution in [3.05, 3.63) is 83.4 Å². The van der Waals surface area contributed by atoms with Crippen LogP contribution in [0.2, 0.25) is 0 Å². The highest BCUT2D eigenvalue weighted by Crippen LogP contribution is 2.35. The molecule has 0 aliphatic carbocycles. The van der Waals surface area contributed by atoms with E-state index in [0.717, 1.165) is 0 Å². The molecule has 0 fully saturated rings. The topological polar surface area (TPSA) is 168 Å². The van der Waals surface area contributed by atoms with Crippen LogP contribution in [0.25, 0.3) is 0 Å². The Morgan fingerprint density at radius 3 is 2.74 bits per heavy atom. The molecule has 2 aliphatic rings. The molecule has 12 nitrogen and oxygen atoms in total. The second-order valence-electron chi connectivity index (χ2n) is 9.52. The van der Waals surface area contributed by atoms with E-state index in [2.05, 4.69) is 20.9 Å². The smallest absolute Gasteiger partial charge is 0.341 e. The number of nitriles is 1. The van der Waals surface area contributed by atoms with Crippen molar-refractivity contribution in [2.75, 3.05) is 23.8 Å². The lowest BCUT2D eigenvalue weighted by molar-refractivity contribution is -0.148. The number of nitrogens with zero attached hydrogens (tertiary/aromatic N) is 2. The molecule has 212 valence electrons. The molecule has 2 aliphatic heterocycles. The summed E-state index contributed by atoms with van der Waals surface area (Å²) in [6.45, 7) is 0.911.